The van der Waals surface area contributed by atoms with Crippen LogP contribution in [0, 0.1) is 6.92 Å². The Bertz CT molecular complexity index is 688. The number of nitrogens with one attached hydrogen (secondary N) is 2. The lowest BCUT2D eigenvalue weighted by Gasteiger charge is -2.03. The number of hydrogen-bond donors (Lipinski definition) is 2. The Balaban J connectivity index is 2.30. The fourth-order valence-electron chi connectivity index (χ4n) is 1.20. The standard InChI is InChI=1S/C8H7F3N4O3S/c1-4-7(14-18-13-4)15-19(16,17)5-2-6(12-3-5)8(9,10)11/h2-3,12H,1H3,(H,14,15). The van der Waals surface area contributed by atoms with Crippen LogP contribution in [-0.2, 0) is 16.2 Å². The molecule has 0 unspecified atom stereocenters. The summed E-state index contributed by atoms with van der Waals surface area (Å²) in [5.41, 5.74) is -1.00. The van der Waals surface area contributed by atoms with Crippen LogP contribution in [-0.4, -0.2) is 23.7 Å². The number of aromatic nitrogens is 3. The van der Waals surface area contributed by atoms with Gasteiger partial charge in [-0.2, -0.15) is 13.2 Å². The number of rotatable bonds is 3. The molecule has 0 aliphatic carbocycles. The van der Waals surface area contributed by atoms with Gasteiger partial charge in [0, 0.05) is 6.20 Å². The van der Waals surface area contributed by atoms with Gasteiger partial charge in [-0.1, -0.05) is 5.16 Å². The zero-order valence-corrected chi connectivity index (χ0v) is 10.1. The largest absolute Gasteiger partial charge is 0.431 e. The number of H-pyrrole nitrogens is 1. The molecular formula is C8H7F3N4O3S. The number of anilines is 1. The molecule has 0 aliphatic rings. The molecule has 2 heterocycles. The lowest BCUT2D eigenvalue weighted by Crippen LogP contribution is -2.13. The summed E-state index contributed by atoms with van der Waals surface area (Å²) in [6, 6.07) is 0.477. The second kappa shape index (κ2) is 4.26. The number of nitrogens with zero attached hydrogens (tertiary/aromatic N) is 2. The van der Waals surface area contributed by atoms with E-state index in [-0.39, 0.29) is 11.5 Å². The summed E-state index contributed by atoms with van der Waals surface area (Å²) in [5.74, 6) is -0.185. The van der Waals surface area contributed by atoms with Crippen molar-refractivity contribution in [3.63, 3.8) is 0 Å². The van der Waals surface area contributed by atoms with Crippen LogP contribution in [0.1, 0.15) is 11.4 Å². The third kappa shape index (κ3) is 2.70. The van der Waals surface area contributed by atoms with Crippen molar-refractivity contribution in [2.75, 3.05) is 4.72 Å². The molecule has 0 bridgehead atoms. The monoisotopic (exact) mass is 296 g/mol. The fraction of sp³-hybridized carbons (Fsp3) is 0.250. The van der Waals surface area contributed by atoms with Gasteiger partial charge in [0.1, 0.15) is 16.3 Å². The first-order valence-corrected chi connectivity index (χ1v) is 6.26. The highest BCUT2D eigenvalue weighted by molar-refractivity contribution is 7.92. The highest BCUT2D eigenvalue weighted by atomic mass is 32.2. The first kappa shape index (κ1) is 13.4. The predicted molar refractivity (Wildman–Crippen MR) is 55.6 cm³/mol. The van der Waals surface area contributed by atoms with Crippen molar-refractivity contribution >= 4 is 15.8 Å². The molecule has 19 heavy (non-hydrogen) atoms. The number of sulfonamides is 1. The number of halogens is 3. The van der Waals surface area contributed by atoms with Crippen LogP contribution < -0.4 is 4.72 Å². The molecule has 0 spiro atoms. The molecular weight excluding hydrogens is 289 g/mol. The van der Waals surface area contributed by atoms with E-state index in [1.54, 1.807) is 0 Å². The molecule has 2 aromatic rings. The molecule has 11 heteroatoms. The van der Waals surface area contributed by atoms with Crippen molar-refractivity contribution < 1.29 is 26.2 Å². The first-order valence-electron chi connectivity index (χ1n) is 4.78. The molecule has 2 N–H and O–H groups in total. The molecule has 0 radical (unpaired) electrons. The second-order valence-corrected chi connectivity index (χ2v) is 5.23. The highest BCUT2D eigenvalue weighted by Gasteiger charge is 2.34. The molecule has 7 nitrogen and oxygen atoms in total. The second-order valence-electron chi connectivity index (χ2n) is 3.55. The molecule has 0 aliphatic heterocycles. The van der Waals surface area contributed by atoms with Gasteiger partial charge in [-0.05, 0) is 18.1 Å². The third-order valence-corrected chi connectivity index (χ3v) is 3.47. The van der Waals surface area contributed by atoms with E-state index in [9.17, 15) is 21.6 Å². The average molecular weight is 296 g/mol. The van der Waals surface area contributed by atoms with Gasteiger partial charge in [0.25, 0.3) is 10.0 Å². The van der Waals surface area contributed by atoms with Gasteiger partial charge >= 0.3 is 6.18 Å². The Morgan fingerprint density at radius 3 is 2.53 bits per heavy atom. The molecule has 0 amide bonds. The molecule has 0 atom stereocenters. The summed E-state index contributed by atoms with van der Waals surface area (Å²) in [6.45, 7) is 1.42. The predicted octanol–water partition coefficient (Wildman–Crippen LogP) is 1.53. The van der Waals surface area contributed by atoms with Gasteiger partial charge in [0.05, 0.1) is 0 Å². The summed E-state index contributed by atoms with van der Waals surface area (Å²) in [6.07, 6.45) is -3.92. The van der Waals surface area contributed by atoms with Crippen molar-refractivity contribution in [3.8, 4) is 0 Å². The fourth-order valence-corrected chi connectivity index (χ4v) is 2.25. The van der Waals surface area contributed by atoms with Gasteiger partial charge in [-0.15, -0.1) is 0 Å². The minimum atomic E-state index is -4.65. The number of aryl methyl sites for hydroxylation is 1. The summed E-state index contributed by atoms with van der Waals surface area (Å²) >= 11 is 0. The van der Waals surface area contributed by atoms with Crippen molar-refractivity contribution in [2.45, 2.75) is 18.0 Å². The molecule has 0 saturated heterocycles. The quantitative estimate of drug-likeness (QED) is 0.894. The summed E-state index contributed by atoms with van der Waals surface area (Å²) in [5, 5.41) is 6.61. The Hall–Kier alpha value is -2.04. The molecule has 2 aromatic heterocycles. The SMILES string of the molecule is Cc1nonc1NS(=O)(=O)c1c[nH]c(C(F)(F)F)c1. The number of hydrogen-bond acceptors (Lipinski definition) is 5. The highest BCUT2D eigenvalue weighted by Crippen LogP contribution is 2.30. The third-order valence-electron chi connectivity index (χ3n) is 2.16. The van der Waals surface area contributed by atoms with Crippen LogP contribution in [0.3, 0.4) is 0 Å². The maximum Gasteiger partial charge on any atom is 0.431 e. The number of alkyl halides is 3. The smallest absolute Gasteiger partial charge is 0.356 e. The molecule has 104 valence electrons. The minimum Gasteiger partial charge on any atom is -0.356 e. The maximum absolute atomic E-state index is 12.3. The van der Waals surface area contributed by atoms with Crippen molar-refractivity contribution in [1.29, 1.82) is 0 Å². The zero-order valence-electron chi connectivity index (χ0n) is 9.32. The van der Waals surface area contributed by atoms with Crippen molar-refractivity contribution in [3.05, 3.63) is 23.7 Å². The van der Waals surface area contributed by atoms with Crippen LogP contribution in [0.5, 0.6) is 0 Å². The Morgan fingerprint density at radius 2 is 2.05 bits per heavy atom. The van der Waals surface area contributed by atoms with Gasteiger partial charge in [-0.3, -0.25) is 4.72 Å². The summed E-state index contributed by atoms with van der Waals surface area (Å²) in [7, 11) is -4.19. The lowest BCUT2D eigenvalue weighted by molar-refractivity contribution is -0.140. The van der Waals surface area contributed by atoms with Crippen molar-refractivity contribution in [2.24, 2.45) is 0 Å². The van der Waals surface area contributed by atoms with E-state index in [1.165, 1.54) is 6.92 Å². The molecule has 0 aromatic carbocycles. The van der Waals surface area contributed by atoms with E-state index in [2.05, 4.69) is 14.9 Å². The molecule has 2 rings (SSSR count). The van der Waals surface area contributed by atoms with E-state index in [0.29, 0.717) is 6.07 Å². The number of aromatic amines is 1. The van der Waals surface area contributed by atoms with Crippen LogP contribution >= 0.6 is 0 Å². The van der Waals surface area contributed by atoms with E-state index < -0.39 is 26.8 Å². The van der Waals surface area contributed by atoms with E-state index in [4.69, 9.17) is 0 Å². The molecule has 0 fully saturated rings. The van der Waals surface area contributed by atoms with Crippen LogP contribution in [0.25, 0.3) is 0 Å². The lowest BCUT2D eigenvalue weighted by atomic mass is 10.4. The van der Waals surface area contributed by atoms with E-state index >= 15 is 0 Å². The zero-order chi connectivity index (χ0) is 14.3. The van der Waals surface area contributed by atoms with Crippen LogP contribution in [0.2, 0.25) is 0 Å². The summed E-state index contributed by atoms with van der Waals surface area (Å²) < 4.78 is 66.8. The van der Waals surface area contributed by atoms with Crippen LogP contribution in [0.15, 0.2) is 21.8 Å². The Labute approximate surface area is 104 Å². The average Bonchev–Trinajstić information content (AvgIpc) is 2.87. The Morgan fingerprint density at radius 1 is 1.37 bits per heavy atom. The summed E-state index contributed by atoms with van der Waals surface area (Å²) in [4.78, 5) is 1.28. The maximum atomic E-state index is 12.3. The van der Waals surface area contributed by atoms with E-state index in [1.807, 2.05) is 9.71 Å². The van der Waals surface area contributed by atoms with Gasteiger partial charge in [0.15, 0.2) is 0 Å². The van der Waals surface area contributed by atoms with Crippen molar-refractivity contribution in [1.82, 2.24) is 15.3 Å². The van der Waals surface area contributed by atoms with Gasteiger partial charge < -0.3 is 4.98 Å². The van der Waals surface area contributed by atoms with E-state index in [0.717, 1.165) is 6.20 Å². The Kier molecular flexibility index (Phi) is 3.00. The van der Waals surface area contributed by atoms with Gasteiger partial charge in [0.2, 0.25) is 5.82 Å². The first-order chi connectivity index (χ1) is 8.70. The topological polar surface area (TPSA) is 101 Å². The minimum absolute atomic E-state index is 0.162. The normalized spacial score (nSPS) is 12.6. The molecule has 0 saturated carbocycles. The van der Waals surface area contributed by atoms with Crippen LogP contribution in [0.4, 0.5) is 19.0 Å². The van der Waals surface area contributed by atoms with Gasteiger partial charge in [-0.25, -0.2) is 13.0 Å².